The maximum atomic E-state index is 12.7. The van der Waals surface area contributed by atoms with Crippen LogP contribution in [-0.2, 0) is 0 Å². The molecule has 1 N–H and O–H groups in total. The highest BCUT2D eigenvalue weighted by molar-refractivity contribution is 8.02. The minimum absolute atomic E-state index is 0.0766. The van der Waals surface area contributed by atoms with E-state index in [1.807, 2.05) is 18.3 Å². The van der Waals surface area contributed by atoms with Crippen LogP contribution < -0.4 is 5.32 Å². The summed E-state index contributed by atoms with van der Waals surface area (Å²) in [6.45, 7) is 6.68. The number of aromatic nitrogens is 1. The fourth-order valence-corrected chi connectivity index (χ4v) is 6.93. The molecule has 4 nitrogen and oxygen atoms in total. The van der Waals surface area contributed by atoms with Crippen molar-refractivity contribution in [1.29, 1.82) is 0 Å². The summed E-state index contributed by atoms with van der Waals surface area (Å²) in [5.74, 6) is 0.717. The van der Waals surface area contributed by atoms with Crippen LogP contribution in [0.15, 0.2) is 26.9 Å². The number of thiophene rings is 1. The standard InChI is InChI=1S/C17H21N3OS3/c1-10-9-18-17(22-10)24-14-4-3-13(23-14)16(21)19-15-11(2)20-7-5-12(15)6-8-20/h3-4,9,11-12,15H,5-8H2,1-2H3,(H,19,21). The fraction of sp³-hybridized carbons (Fsp3) is 0.529. The summed E-state index contributed by atoms with van der Waals surface area (Å²) < 4.78 is 2.16. The first-order chi connectivity index (χ1) is 11.6. The van der Waals surface area contributed by atoms with Crippen LogP contribution >= 0.6 is 34.4 Å². The van der Waals surface area contributed by atoms with Gasteiger partial charge < -0.3 is 5.32 Å². The van der Waals surface area contributed by atoms with Gasteiger partial charge in [-0.1, -0.05) is 0 Å². The normalized spacial score (nSPS) is 28.9. The van der Waals surface area contributed by atoms with Crippen LogP contribution in [0, 0.1) is 12.8 Å². The van der Waals surface area contributed by atoms with Gasteiger partial charge in [-0.3, -0.25) is 9.69 Å². The molecule has 5 heterocycles. The predicted molar refractivity (Wildman–Crippen MR) is 100 cm³/mol. The van der Waals surface area contributed by atoms with E-state index in [0.717, 1.165) is 13.4 Å². The highest BCUT2D eigenvalue weighted by Gasteiger charge is 2.40. The number of hydrogen-bond donors (Lipinski definition) is 1. The van der Waals surface area contributed by atoms with Crippen LogP contribution in [0.3, 0.4) is 0 Å². The topological polar surface area (TPSA) is 45.2 Å². The van der Waals surface area contributed by atoms with E-state index in [9.17, 15) is 4.79 Å². The van der Waals surface area contributed by atoms with Crippen molar-refractivity contribution < 1.29 is 4.79 Å². The Morgan fingerprint density at radius 2 is 2.12 bits per heavy atom. The Morgan fingerprint density at radius 1 is 1.33 bits per heavy atom. The number of amides is 1. The van der Waals surface area contributed by atoms with E-state index in [4.69, 9.17) is 0 Å². The molecule has 3 aliphatic rings. The molecule has 2 bridgehead atoms. The van der Waals surface area contributed by atoms with Gasteiger partial charge in [0.05, 0.1) is 9.09 Å². The fourth-order valence-electron chi connectivity index (χ4n) is 3.73. The third-order valence-corrected chi connectivity index (χ3v) is 8.27. The van der Waals surface area contributed by atoms with Crippen molar-refractivity contribution in [2.24, 2.45) is 5.92 Å². The molecule has 1 amide bonds. The molecule has 0 spiro atoms. The van der Waals surface area contributed by atoms with Crippen LogP contribution in [-0.4, -0.2) is 41.0 Å². The van der Waals surface area contributed by atoms with Crippen LogP contribution in [0.5, 0.6) is 0 Å². The van der Waals surface area contributed by atoms with Crippen molar-refractivity contribution in [3.05, 3.63) is 28.1 Å². The first-order valence-electron chi connectivity index (χ1n) is 8.35. The second kappa shape index (κ2) is 6.78. The number of thiazole rings is 1. The minimum Gasteiger partial charge on any atom is -0.347 e. The monoisotopic (exact) mass is 379 g/mol. The highest BCUT2D eigenvalue weighted by Crippen LogP contribution is 2.36. The van der Waals surface area contributed by atoms with Gasteiger partial charge in [0.15, 0.2) is 4.34 Å². The smallest absolute Gasteiger partial charge is 0.261 e. The molecule has 7 heteroatoms. The van der Waals surface area contributed by atoms with Gasteiger partial charge in [-0.25, -0.2) is 4.98 Å². The van der Waals surface area contributed by atoms with Crippen molar-refractivity contribution in [3.8, 4) is 0 Å². The van der Waals surface area contributed by atoms with E-state index in [-0.39, 0.29) is 5.91 Å². The van der Waals surface area contributed by atoms with E-state index in [2.05, 4.69) is 29.0 Å². The van der Waals surface area contributed by atoms with Gasteiger partial charge in [-0.05, 0) is 69.6 Å². The second-order valence-electron chi connectivity index (χ2n) is 6.57. The van der Waals surface area contributed by atoms with Gasteiger partial charge in [0.2, 0.25) is 0 Å². The van der Waals surface area contributed by atoms with Crippen LogP contribution in [0.2, 0.25) is 0 Å². The lowest BCUT2D eigenvalue weighted by atomic mass is 9.79. The van der Waals surface area contributed by atoms with E-state index >= 15 is 0 Å². The Bertz CT molecular complexity index is 731. The molecule has 3 saturated heterocycles. The number of rotatable bonds is 4. The van der Waals surface area contributed by atoms with Gasteiger partial charge in [0, 0.05) is 23.2 Å². The first-order valence-corrected chi connectivity index (χ1v) is 10.8. The molecule has 2 unspecified atom stereocenters. The van der Waals surface area contributed by atoms with E-state index < -0.39 is 0 Å². The van der Waals surface area contributed by atoms with Gasteiger partial charge in [-0.15, -0.1) is 22.7 Å². The summed E-state index contributed by atoms with van der Waals surface area (Å²) in [5, 5.41) is 3.31. The Morgan fingerprint density at radius 3 is 2.79 bits per heavy atom. The minimum atomic E-state index is 0.0766. The van der Waals surface area contributed by atoms with Gasteiger partial charge in [-0.2, -0.15) is 0 Å². The van der Waals surface area contributed by atoms with E-state index in [1.165, 1.54) is 30.8 Å². The summed E-state index contributed by atoms with van der Waals surface area (Å²) in [6.07, 6.45) is 4.32. The Hall–Kier alpha value is -0.890. The van der Waals surface area contributed by atoms with Crippen LogP contribution in [0.25, 0.3) is 0 Å². The van der Waals surface area contributed by atoms with Crippen molar-refractivity contribution >= 4 is 40.3 Å². The SMILES string of the molecule is Cc1cnc(Sc2ccc(C(=O)NC3C4CCN(CC4)C3C)s2)s1. The largest absolute Gasteiger partial charge is 0.347 e. The van der Waals surface area contributed by atoms with Gasteiger partial charge >= 0.3 is 0 Å². The molecule has 3 fully saturated rings. The molecule has 2 atom stereocenters. The van der Waals surface area contributed by atoms with Crippen LogP contribution in [0.4, 0.5) is 0 Å². The number of hydrogen-bond acceptors (Lipinski definition) is 6. The number of carbonyl (C=O) groups is 1. The zero-order valence-corrected chi connectivity index (χ0v) is 16.3. The average Bonchev–Trinajstić information content (AvgIpc) is 3.21. The van der Waals surface area contributed by atoms with Gasteiger partial charge in [0.1, 0.15) is 0 Å². The lowest BCUT2D eigenvalue weighted by molar-refractivity contribution is 0.0218. The number of carbonyl (C=O) groups excluding carboxylic acids is 1. The average molecular weight is 380 g/mol. The Labute approximate surface area is 154 Å². The third-order valence-electron chi connectivity index (χ3n) is 5.07. The lowest BCUT2D eigenvalue weighted by Gasteiger charge is -2.49. The highest BCUT2D eigenvalue weighted by atomic mass is 32.2. The molecule has 0 radical (unpaired) electrons. The molecule has 2 aromatic heterocycles. The lowest BCUT2D eigenvalue weighted by Crippen LogP contribution is -2.62. The number of nitrogens with zero attached hydrogens (tertiary/aromatic N) is 2. The molecule has 24 heavy (non-hydrogen) atoms. The number of aryl methyl sites for hydroxylation is 1. The third kappa shape index (κ3) is 3.27. The molecular weight excluding hydrogens is 358 g/mol. The van der Waals surface area contributed by atoms with Crippen molar-refractivity contribution in [1.82, 2.24) is 15.2 Å². The van der Waals surface area contributed by atoms with E-state index in [1.54, 1.807) is 34.4 Å². The number of fused-ring (bicyclic) bond motifs is 3. The predicted octanol–water partition coefficient (Wildman–Crippen LogP) is 3.88. The second-order valence-corrected chi connectivity index (χ2v) is 10.4. The summed E-state index contributed by atoms with van der Waals surface area (Å²) in [5.41, 5.74) is 0. The molecule has 128 valence electrons. The zero-order valence-electron chi connectivity index (χ0n) is 13.8. The van der Waals surface area contributed by atoms with Gasteiger partial charge in [0.25, 0.3) is 5.91 Å². The van der Waals surface area contributed by atoms with Crippen molar-refractivity contribution in [2.45, 2.75) is 47.3 Å². The van der Waals surface area contributed by atoms with Crippen molar-refractivity contribution in [2.75, 3.05) is 13.1 Å². The molecule has 2 aromatic rings. The summed E-state index contributed by atoms with van der Waals surface area (Å²) >= 11 is 4.89. The summed E-state index contributed by atoms with van der Waals surface area (Å²) in [4.78, 5) is 21.6. The quantitative estimate of drug-likeness (QED) is 0.876. The van der Waals surface area contributed by atoms with Crippen molar-refractivity contribution in [3.63, 3.8) is 0 Å². The maximum Gasteiger partial charge on any atom is 0.261 e. The molecule has 5 rings (SSSR count). The summed E-state index contributed by atoms with van der Waals surface area (Å²) in [7, 11) is 0. The molecule has 0 aliphatic carbocycles. The Kier molecular flexibility index (Phi) is 4.68. The Balaban J connectivity index is 1.41. The number of piperidine rings is 3. The molecule has 0 aromatic carbocycles. The molecular formula is C17H21N3OS3. The first kappa shape index (κ1) is 16.6. The molecule has 0 saturated carbocycles. The van der Waals surface area contributed by atoms with E-state index in [0.29, 0.717) is 18.0 Å². The maximum absolute atomic E-state index is 12.7. The molecule has 3 aliphatic heterocycles. The summed E-state index contributed by atoms with van der Waals surface area (Å²) in [6, 6.07) is 4.71. The van der Waals surface area contributed by atoms with Crippen LogP contribution in [0.1, 0.15) is 34.3 Å². The zero-order chi connectivity index (χ0) is 16.7. The number of nitrogens with one attached hydrogen (secondary N) is 1.